The Kier molecular flexibility index (Phi) is 6.31. The molecule has 2 rings (SSSR count). The number of carbonyl (C=O) groups is 2. The van der Waals surface area contributed by atoms with E-state index in [1.54, 1.807) is 42.5 Å². The highest BCUT2D eigenvalue weighted by molar-refractivity contribution is 9.10. The standard InChI is InChI=1S/C16H13BrClN3O2/c17-12-6-2-4-8-14(12)20-15(22)9-16(23)21-19-10-11-5-1-3-7-13(11)18/h1-8,10H,9H2,(H,20,22)(H,21,23). The highest BCUT2D eigenvalue weighted by atomic mass is 79.9. The summed E-state index contributed by atoms with van der Waals surface area (Å²) in [4.78, 5) is 23.5. The minimum Gasteiger partial charge on any atom is -0.325 e. The van der Waals surface area contributed by atoms with Gasteiger partial charge < -0.3 is 5.32 Å². The fourth-order valence-corrected chi connectivity index (χ4v) is 2.26. The molecule has 0 saturated heterocycles. The van der Waals surface area contributed by atoms with Gasteiger partial charge in [-0.1, -0.05) is 41.9 Å². The van der Waals surface area contributed by atoms with Gasteiger partial charge in [0.1, 0.15) is 6.42 Å². The molecule has 0 aliphatic heterocycles. The van der Waals surface area contributed by atoms with Crippen LogP contribution in [0.5, 0.6) is 0 Å². The first-order chi connectivity index (χ1) is 11.1. The molecule has 2 aromatic carbocycles. The van der Waals surface area contributed by atoms with Gasteiger partial charge in [0, 0.05) is 15.1 Å². The van der Waals surface area contributed by atoms with Gasteiger partial charge in [-0.05, 0) is 34.1 Å². The zero-order chi connectivity index (χ0) is 16.7. The Bertz CT molecular complexity index is 750. The van der Waals surface area contributed by atoms with Gasteiger partial charge in [-0.15, -0.1) is 0 Å². The van der Waals surface area contributed by atoms with Gasteiger partial charge in [0.05, 0.1) is 11.9 Å². The lowest BCUT2D eigenvalue weighted by atomic mass is 10.2. The maximum atomic E-state index is 11.8. The number of nitrogens with one attached hydrogen (secondary N) is 2. The Morgan fingerprint density at radius 2 is 1.78 bits per heavy atom. The minimum atomic E-state index is -0.516. The maximum Gasteiger partial charge on any atom is 0.249 e. The van der Waals surface area contributed by atoms with Crippen LogP contribution in [-0.4, -0.2) is 18.0 Å². The van der Waals surface area contributed by atoms with Crippen molar-refractivity contribution in [3.05, 3.63) is 63.6 Å². The van der Waals surface area contributed by atoms with E-state index in [0.717, 1.165) is 4.47 Å². The molecule has 0 aliphatic carbocycles. The largest absolute Gasteiger partial charge is 0.325 e. The van der Waals surface area contributed by atoms with Crippen molar-refractivity contribution < 1.29 is 9.59 Å². The molecule has 2 N–H and O–H groups in total. The van der Waals surface area contributed by atoms with Crippen molar-refractivity contribution in [2.24, 2.45) is 5.10 Å². The molecule has 0 aromatic heterocycles. The second-order valence-corrected chi connectivity index (χ2v) is 5.78. The molecule has 2 aromatic rings. The Morgan fingerprint density at radius 3 is 2.52 bits per heavy atom. The average Bonchev–Trinajstić information content (AvgIpc) is 2.51. The number of benzene rings is 2. The summed E-state index contributed by atoms with van der Waals surface area (Å²) < 4.78 is 0.741. The van der Waals surface area contributed by atoms with E-state index in [4.69, 9.17) is 11.6 Å². The van der Waals surface area contributed by atoms with Gasteiger partial charge in [-0.25, -0.2) is 5.43 Å². The van der Waals surface area contributed by atoms with Crippen LogP contribution < -0.4 is 10.7 Å². The van der Waals surface area contributed by atoms with Crippen LogP contribution in [0, 0.1) is 0 Å². The molecule has 23 heavy (non-hydrogen) atoms. The van der Waals surface area contributed by atoms with Crippen LogP contribution in [0.3, 0.4) is 0 Å². The quantitative estimate of drug-likeness (QED) is 0.462. The third-order valence-corrected chi connectivity index (χ3v) is 3.80. The van der Waals surface area contributed by atoms with Crippen LogP contribution in [-0.2, 0) is 9.59 Å². The third kappa shape index (κ3) is 5.50. The molecule has 0 atom stereocenters. The van der Waals surface area contributed by atoms with Crippen LogP contribution in [0.15, 0.2) is 58.1 Å². The summed E-state index contributed by atoms with van der Waals surface area (Å²) in [5, 5.41) is 6.95. The summed E-state index contributed by atoms with van der Waals surface area (Å²) in [7, 11) is 0. The zero-order valence-corrected chi connectivity index (χ0v) is 14.3. The number of nitrogens with zero attached hydrogens (tertiary/aromatic N) is 1. The molecule has 2 amide bonds. The van der Waals surface area contributed by atoms with E-state index in [1.807, 2.05) is 6.07 Å². The first-order valence-corrected chi connectivity index (χ1v) is 7.84. The van der Waals surface area contributed by atoms with Crippen LogP contribution in [0.25, 0.3) is 0 Å². The summed E-state index contributed by atoms with van der Waals surface area (Å²) >= 11 is 9.27. The van der Waals surface area contributed by atoms with E-state index in [0.29, 0.717) is 16.3 Å². The van der Waals surface area contributed by atoms with Gasteiger partial charge >= 0.3 is 0 Å². The second-order valence-electron chi connectivity index (χ2n) is 4.52. The SMILES string of the molecule is O=C(CC(=O)Nc1ccccc1Br)NN=Cc1ccccc1Cl. The summed E-state index contributed by atoms with van der Waals surface area (Å²) in [5.74, 6) is -0.944. The Hall–Kier alpha value is -2.18. The van der Waals surface area contributed by atoms with Crippen LogP contribution in [0.4, 0.5) is 5.69 Å². The molecule has 118 valence electrons. The molecule has 0 saturated carbocycles. The first-order valence-electron chi connectivity index (χ1n) is 6.67. The smallest absolute Gasteiger partial charge is 0.249 e. The van der Waals surface area contributed by atoms with E-state index in [1.165, 1.54) is 6.21 Å². The summed E-state index contributed by atoms with van der Waals surface area (Å²) in [6.45, 7) is 0. The molecular formula is C16H13BrClN3O2. The number of halogens is 2. The maximum absolute atomic E-state index is 11.8. The normalized spacial score (nSPS) is 10.5. The molecule has 0 bridgehead atoms. The minimum absolute atomic E-state index is 0.332. The lowest BCUT2D eigenvalue weighted by molar-refractivity contribution is -0.126. The number of rotatable bonds is 5. The van der Waals surface area contributed by atoms with E-state index in [2.05, 4.69) is 31.8 Å². The molecule has 0 unspecified atom stereocenters. The number of hydrogen-bond acceptors (Lipinski definition) is 3. The van der Waals surface area contributed by atoms with Crippen molar-refractivity contribution in [3.63, 3.8) is 0 Å². The lowest BCUT2D eigenvalue weighted by Gasteiger charge is -2.06. The Balaban J connectivity index is 1.84. The van der Waals surface area contributed by atoms with E-state index in [-0.39, 0.29) is 6.42 Å². The molecule has 7 heteroatoms. The van der Waals surface area contributed by atoms with Gasteiger partial charge in [0.2, 0.25) is 11.8 Å². The fraction of sp³-hybridized carbons (Fsp3) is 0.0625. The first kappa shape index (κ1) is 17.2. The molecule has 0 heterocycles. The Labute approximate surface area is 146 Å². The van der Waals surface area contributed by atoms with Crippen molar-refractivity contribution >= 4 is 51.2 Å². The van der Waals surface area contributed by atoms with Crippen molar-refractivity contribution in [1.82, 2.24) is 5.43 Å². The van der Waals surface area contributed by atoms with E-state index in [9.17, 15) is 9.59 Å². The predicted octanol–water partition coefficient (Wildman–Crippen LogP) is 3.58. The van der Waals surface area contributed by atoms with Crippen LogP contribution in [0.1, 0.15) is 12.0 Å². The van der Waals surface area contributed by atoms with Gasteiger partial charge in [0.15, 0.2) is 0 Å². The number of hydrazone groups is 1. The molecule has 0 aliphatic rings. The lowest BCUT2D eigenvalue weighted by Crippen LogP contribution is -2.24. The molecular weight excluding hydrogens is 382 g/mol. The van der Waals surface area contributed by atoms with Crippen molar-refractivity contribution in [3.8, 4) is 0 Å². The number of hydrogen-bond donors (Lipinski definition) is 2. The van der Waals surface area contributed by atoms with Crippen LogP contribution >= 0.6 is 27.5 Å². The number of carbonyl (C=O) groups excluding carboxylic acids is 2. The number of anilines is 1. The highest BCUT2D eigenvalue weighted by Gasteiger charge is 2.10. The number of amides is 2. The Morgan fingerprint density at radius 1 is 1.09 bits per heavy atom. The van der Waals surface area contributed by atoms with E-state index < -0.39 is 11.8 Å². The van der Waals surface area contributed by atoms with Crippen LogP contribution in [0.2, 0.25) is 5.02 Å². The van der Waals surface area contributed by atoms with Crippen molar-refractivity contribution in [1.29, 1.82) is 0 Å². The molecule has 0 spiro atoms. The van der Waals surface area contributed by atoms with Crippen molar-refractivity contribution in [2.45, 2.75) is 6.42 Å². The molecule has 0 fully saturated rings. The predicted molar refractivity (Wildman–Crippen MR) is 94.6 cm³/mol. The third-order valence-electron chi connectivity index (χ3n) is 2.77. The summed E-state index contributed by atoms with van der Waals surface area (Å²) in [6.07, 6.45) is 1.09. The zero-order valence-electron chi connectivity index (χ0n) is 11.9. The van der Waals surface area contributed by atoms with Crippen molar-refractivity contribution in [2.75, 3.05) is 5.32 Å². The van der Waals surface area contributed by atoms with Gasteiger partial charge in [0.25, 0.3) is 0 Å². The molecule has 5 nitrogen and oxygen atoms in total. The number of para-hydroxylation sites is 1. The molecule has 0 radical (unpaired) electrons. The van der Waals surface area contributed by atoms with Gasteiger partial charge in [-0.3, -0.25) is 9.59 Å². The van der Waals surface area contributed by atoms with Gasteiger partial charge in [-0.2, -0.15) is 5.10 Å². The summed E-state index contributed by atoms with van der Waals surface area (Å²) in [6, 6.07) is 14.2. The monoisotopic (exact) mass is 393 g/mol. The average molecular weight is 395 g/mol. The van der Waals surface area contributed by atoms with E-state index >= 15 is 0 Å². The summed E-state index contributed by atoms with van der Waals surface area (Å²) in [5.41, 5.74) is 3.56. The second kappa shape index (κ2) is 8.45. The topological polar surface area (TPSA) is 70.6 Å². The fourth-order valence-electron chi connectivity index (χ4n) is 1.70. The highest BCUT2D eigenvalue weighted by Crippen LogP contribution is 2.21.